The molecular formula is C17H19IN2O2SSi. The summed E-state index contributed by atoms with van der Waals surface area (Å²) >= 11 is 2.26. The standard InChI is InChI=1S/C17H19IN2O2SSi/c1-12-7-9-13(10-8-12)23(21,22)20-16-14(6-5-11-19-16)15(18)17(20)24(2,3)4/h5-11H,1-4H3. The minimum Gasteiger partial charge on any atom is -0.237 e. The maximum atomic E-state index is 13.4. The molecule has 0 fully saturated rings. The molecule has 0 aliphatic carbocycles. The molecule has 7 heteroatoms. The fraction of sp³-hybridized carbons (Fsp3) is 0.235. The summed E-state index contributed by atoms with van der Waals surface area (Å²) in [6, 6.07) is 10.8. The lowest BCUT2D eigenvalue weighted by atomic mass is 10.2. The normalized spacial score (nSPS) is 12.7. The highest BCUT2D eigenvalue weighted by atomic mass is 127. The Labute approximate surface area is 157 Å². The van der Waals surface area contributed by atoms with Gasteiger partial charge in [-0.2, -0.15) is 0 Å². The number of hydrogen-bond acceptors (Lipinski definition) is 3. The van der Waals surface area contributed by atoms with Gasteiger partial charge in [0.25, 0.3) is 10.0 Å². The van der Waals surface area contributed by atoms with Gasteiger partial charge in [-0.25, -0.2) is 17.4 Å². The van der Waals surface area contributed by atoms with Crippen LogP contribution in [0.15, 0.2) is 47.5 Å². The van der Waals surface area contributed by atoms with Gasteiger partial charge >= 0.3 is 0 Å². The third kappa shape index (κ3) is 2.82. The molecule has 0 aliphatic rings. The molecule has 0 N–H and O–H groups in total. The van der Waals surface area contributed by atoms with Crippen LogP contribution < -0.4 is 5.32 Å². The fourth-order valence-corrected chi connectivity index (χ4v) is 10.1. The second kappa shape index (κ2) is 5.96. The van der Waals surface area contributed by atoms with Gasteiger partial charge in [0.2, 0.25) is 0 Å². The summed E-state index contributed by atoms with van der Waals surface area (Å²) in [4.78, 5) is 4.68. The summed E-state index contributed by atoms with van der Waals surface area (Å²) in [5.74, 6) is 0. The molecule has 1 aromatic carbocycles. The first-order chi connectivity index (χ1) is 11.1. The number of pyridine rings is 1. The van der Waals surface area contributed by atoms with E-state index in [1.54, 1.807) is 18.3 Å². The molecule has 0 amide bonds. The molecule has 0 saturated carbocycles. The van der Waals surface area contributed by atoms with Crippen LogP contribution in [0, 0.1) is 10.5 Å². The minimum atomic E-state index is -3.69. The Morgan fingerprint density at radius 2 is 1.71 bits per heavy atom. The first kappa shape index (κ1) is 17.6. The van der Waals surface area contributed by atoms with Gasteiger partial charge in [0, 0.05) is 20.5 Å². The van der Waals surface area contributed by atoms with Crippen molar-refractivity contribution in [2.24, 2.45) is 0 Å². The zero-order valence-corrected chi connectivity index (χ0v) is 18.0. The third-order valence-electron chi connectivity index (χ3n) is 3.90. The molecule has 126 valence electrons. The van der Waals surface area contributed by atoms with E-state index in [2.05, 4.69) is 47.2 Å². The number of fused-ring (bicyclic) bond motifs is 1. The maximum Gasteiger partial charge on any atom is 0.269 e. The number of rotatable bonds is 3. The molecule has 3 rings (SSSR count). The van der Waals surface area contributed by atoms with Crippen LogP contribution in [0.4, 0.5) is 0 Å². The molecule has 2 aromatic heterocycles. The van der Waals surface area contributed by atoms with Gasteiger partial charge in [0.15, 0.2) is 5.65 Å². The molecule has 0 spiro atoms. The highest BCUT2D eigenvalue weighted by molar-refractivity contribution is 14.1. The van der Waals surface area contributed by atoms with E-state index in [1.807, 2.05) is 31.2 Å². The third-order valence-corrected chi connectivity index (χ3v) is 9.26. The number of benzene rings is 1. The second-order valence-corrected chi connectivity index (χ2v) is 14.7. The Kier molecular flexibility index (Phi) is 4.38. The van der Waals surface area contributed by atoms with E-state index in [9.17, 15) is 8.42 Å². The smallest absolute Gasteiger partial charge is 0.237 e. The molecule has 0 saturated heterocycles. The van der Waals surface area contributed by atoms with E-state index in [1.165, 1.54) is 3.97 Å². The lowest BCUT2D eigenvalue weighted by molar-refractivity contribution is 0.589. The van der Waals surface area contributed by atoms with Crippen LogP contribution >= 0.6 is 22.6 Å². The summed E-state index contributed by atoms with van der Waals surface area (Å²) in [6.45, 7) is 8.42. The van der Waals surface area contributed by atoms with E-state index in [-0.39, 0.29) is 0 Å². The summed E-state index contributed by atoms with van der Waals surface area (Å²) in [5, 5.41) is 1.79. The van der Waals surface area contributed by atoms with Crippen LogP contribution in [0.5, 0.6) is 0 Å². The predicted molar refractivity (Wildman–Crippen MR) is 109 cm³/mol. The first-order valence-corrected chi connectivity index (χ1v) is 13.6. The van der Waals surface area contributed by atoms with Gasteiger partial charge in [-0.1, -0.05) is 37.3 Å². The van der Waals surface area contributed by atoms with Crippen LogP contribution in [0.3, 0.4) is 0 Å². The number of aryl methyl sites for hydroxylation is 1. The summed E-state index contributed by atoms with van der Waals surface area (Å²) in [5.41, 5.74) is 1.55. The lowest BCUT2D eigenvalue weighted by Gasteiger charge is -2.20. The topological polar surface area (TPSA) is 52.0 Å². The highest BCUT2D eigenvalue weighted by Crippen LogP contribution is 2.27. The predicted octanol–water partition coefficient (Wildman–Crippen LogP) is 3.73. The quantitative estimate of drug-likeness (QED) is 0.433. The van der Waals surface area contributed by atoms with Crippen molar-refractivity contribution in [1.29, 1.82) is 0 Å². The van der Waals surface area contributed by atoms with Gasteiger partial charge in [-0.3, -0.25) is 0 Å². The van der Waals surface area contributed by atoms with E-state index < -0.39 is 18.1 Å². The maximum absolute atomic E-state index is 13.4. The van der Waals surface area contributed by atoms with Crippen LogP contribution in [0.1, 0.15) is 5.56 Å². The fourth-order valence-electron chi connectivity index (χ4n) is 2.74. The van der Waals surface area contributed by atoms with Crippen molar-refractivity contribution in [1.82, 2.24) is 8.96 Å². The SMILES string of the molecule is Cc1ccc(S(=O)(=O)n2c([Si](C)(C)C)c(I)c3cccnc32)cc1. The van der Waals surface area contributed by atoms with Gasteiger partial charge in [0.05, 0.1) is 4.90 Å². The van der Waals surface area contributed by atoms with Gasteiger partial charge < -0.3 is 0 Å². The molecule has 24 heavy (non-hydrogen) atoms. The van der Waals surface area contributed by atoms with E-state index in [0.717, 1.165) is 19.8 Å². The van der Waals surface area contributed by atoms with Crippen molar-refractivity contribution in [3.05, 3.63) is 51.7 Å². The Hall–Kier alpha value is -1.19. The van der Waals surface area contributed by atoms with Crippen LogP contribution in [-0.2, 0) is 10.0 Å². The summed E-state index contributed by atoms with van der Waals surface area (Å²) in [6.07, 6.45) is 1.65. The molecule has 2 heterocycles. The molecule has 0 atom stereocenters. The zero-order chi connectivity index (χ0) is 17.7. The Balaban J connectivity index is 2.43. The van der Waals surface area contributed by atoms with E-state index in [0.29, 0.717) is 10.5 Å². The van der Waals surface area contributed by atoms with Gasteiger partial charge in [-0.15, -0.1) is 0 Å². The van der Waals surface area contributed by atoms with Crippen molar-refractivity contribution in [2.45, 2.75) is 31.5 Å². The first-order valence-electron chi connectivity index (χ1n) is 7.61. The lowest BCUT2D eigenvalue weighted by Crippen LogP contribution is -2.46. The highest BCUT2D eigenvalue weighted by Gasteiger charge is 2.33. The van der Waals surface area contributed by atoms with Crippen molar-refractivity contribution >= 4 is 57.0 Å². The average Bonchev–Trinajstić information content (AvgIpc) is 2.82. The van der Waals surface area contributed by atoms with Gasteiger partial charge in [-0.05, 0) is 53.8 Å². The number of hydrogen-bond donors (Lipinski definition) is 0. The molecule has 0 bridgehead atoms. The molecular weight excluding hydrogens is 451 g/mol. The van der Waals surface area contributed by atoms with Crippen molar-refractivity contribution in [2.75, 3.05) is 0 Å². The summed E-state index contributed by atoms with van der Waals surface area (Å²) < 4.78 is 29.2. The largest absolute Gasteiger partial charge is 0.269 e. The van der Waals surface area contributed by atoms with Crippen molar-refractivity contribution in [3.8, 4) is 0 Å². The van der Waals surface area contributed by atoms with Crippen LogP contribution in [-0.4, -0.2) is 25.4 Å². The monoisotopic (exact) mass is 470 g/mol. The average molecular weight is 470 g/mol. The van der Waals surface area contributed by atoms with Gasteiger partial charge in [0.1, 0.15) is 8.07 Å². The number of halogens is 1. The van der Waals surface area contributed by atoms with Crippen LogP contribution in [0.25, 0.3) is 11.0 Å². The minimum absolute atomic E-state index is 0.298. The number of aromatic nitrogens is 2. The summed E-state index contributed by atoms with van der Waals surface area (Å²) in [7, 11) is -5.61. The molecule has 3 aromatic rings. The van der Waals surface area contributed by atoms with Crippen LogP contribution in [0.2, 0.25) is 19.6 Å². The molecule has 4 nitrogen and oxygen atoms in total. The second-order valence-electron chi connectivity index (χ2n) is 6.87. The van der Waals surface area contributed by atoms with E-state index >= 15 is 0 Å². The Morgan fingerprint density at radius 3 is 2.29 bits per heavy atom. The molecule has 0 unspecified atom stereocenters. The molecule has 0 radical (unpaired) electrons. The Bertz CT molecular complexity index is 1020. The molecule has 0 aliphatic heterocycles. The zero-order valence-electron chi connectivity index (χ0n) is 14.0. The van der Waals surface area contributed by atoms with Crippen molar-refractivity contribution < 1.29 is 8.42 Å². The van der Waals surface area contributed by atoms with E-state index in [4.69, 9.17) is 0 Å². The Morgan fingerprint density at radius 1 is 1.08 bits per heavy atom. The number of nitrogens with zero attached hydrogens (tertiary/aromatic N) is 2. The van der Waals surface area contributed by atoms with Crippen molar-refractivity contribution in [3.63, 3.8) is 0 Å².